The second-order valence-electron chi connectivity index (χ2n) is 2.93. The summed E-state index contributed by atoms with van der Waals surface area (Å²) in [7, 11) is 0. The van der Waals surface area contributed by atoms with Crippen LogP contribution in [0.2, 0.25) is 0 Å². The molecule has 1 aromatic heterocycles. The van der Waals surface area contributed by atoms with E-state index in [1.165, 1.54) is 12.4 Å². The third-order valence-corrected chi connectivity index (χ3v) is 1.74. The highest BCUT2D eigenvalue weighted by atomic mass is 19.4. The van der Waals surface area contributed by atoms with Crippen LogP contribution in [0.4, 0.5) is 13.2 Å². The van der Waals surface area contributed by atoms with E-state index in [4.69, 9.17) is 5.73 Å². The molecule has 6 heteroatoms. The molecule has 1 aromatic rings. The molecule has 15 heavy (non-hydrogen) atoms. The molecule has 2 N–H and O–H groups in total. The van der Waals surface area contributed by atoms with E-state index in [2.05, 4.69) is 9.72 Å². The van der Waals surface area contributed by atoms with Crippen LogP contribution in [0, 0.1) is 0 Å². The van der Waals surface area contributed by atoms with Crippen LogP contribution >= 0.6 is 0 Å². The fourth-order valence-electron chi connectivity index (χ4n) is 1.07. The third kappa shape index (κ3) is 4.26. The molecule has 0 spiro atoms. The van der Waals surface area contributed by atoms with Crippen LogP contribution in [0.1, 0.15) is 11.7 Å². The molecular weight excluding hydrogens is 209 g/mol. The van der Waals surface area contributed by atoms with E-state index in [1.54, 1.807) is 12.1 Å². The summed E-state index contributed by atoms with van der Waals surface area (Å²) in [6, 6.07) is 3.15. The second-order valence-corrected chi connectivity index (χ2v) is 2.93. The maximum Gasteiger partial charge on any atom is 0.411 e. The molecule has 0 amide bonds. The molecule has 0 aliphatic carbocycles. The fourth-order valence-corrected chi connectivity index (χ4v) is 1.07. The molecule has 0 fully saturated rings. The van der Waals surface area contributed by atoms with E-state index in [9.17, 15) is 13.2 Å². The van der Waals surface area contributed by atoms with Crippen LogP contribution in [-0.2, 0) is 4.74 Å². The summed E-state index contributed by atoms with van der Waals surface area (Å²) in [4.78, 5) is 3.75. The standard InChI is InChI=1S/C9H11F3N2O/c10-9(11,12)6-15-8(5-13)7-1-3-14-4-2-7/h1-4,8H,5-6,13H2. The first kappa shape index (κ1) is 11.9. The van der Waals surface area contributed by atoms with Crippen molar-refractivity contribution in [1.29, 1.82) is 0 Å². The van der Waals surface area contributed by atoms with Crippen molar-refractivity contribution in [2.75, 3.05) is 13.2 Å². The number of hydrogen-bond donors (Lipinski definition) is 1. The highest BCUT2D eigenvalue weighted by molar-refractivity contribution is 5.13. The minimum Gasteiger partial charge on any atom is -0.363 e. The summed E-state index contributed by atoms with van der Waals surface area (Å²) >= 11 is 0. The Kier molecular flexibility index (Phi) is 4.05. The monoisotopic (exact) mass is 220 g/mol. The number of nitrogens with zero attached hydrogens (tertiary/aromatic N) is 1. The first-order valence-electron chi connectivity index (χ1n) is 4.31. The predicted molar refractivity (Wildman–Crippen MR) is 48.0 cm³/mol. The van der Waals surface area contributed by atoms with Crippen molar-refractivity contribution in [2.45, 2.75) is 12.3 Å². The van der Waals surface area contributed by atoms with E-state index in [0.29, 0.717) is 5.56 Å². The van der Waals surface area contributed by atoms with E-state index >= 15 is 0 Å². The average molecular weight is 220 g/mol. The lowest BCUT2D eigenvalue weighted by Crippen LogP contribution is -2.23. The Balaban J connectivity index is 2.58. The zero-order chi connectivity index (χ0) is 11.3. The number of rotatable bonds is 4. The van der Waals surface area contributed by atoms with Gasteiger partial charge in [0.25, 0.3) is 0 Å². The van der Waals surface area contributed by atoms with Gasteiger partial charge in [0, 0.05) is 18.9 Å². The van der Waals surface area contributed by atoms with Crippen molar-refractivity contribution in [3.05, 3.63) is 30.1 Å². The van der Waals surface area contributed by atoms with Crippen LogP contribution in [0.5, 0.6) is 0 Å². The quantitative estimate of drug-likeness (QED) is 0.839. The van der Waals surface area contributed by atoms with E-state index in [0.717, 1.165) is 0 Å². The van der Waals surface area contributed by atoms with Crippen LogP contribution in [0.3, 0.4) is 0 Å². The van der Waals surface area contributed by atoms with Gasteiger partial charge in [-0.3, -0.25) is 4.98 Å². The molecule has 0 bridgehead atoms. The number of nitrogens with two attached hydrogens (primary N) is 1. The van der Waals surface area contributed by atoms with Gasteiger partial charge in [0.15, 0.2) is 0 Å². The minimum atomic E-state index is -4.33. The SMILES string of the molecule is NCC(OCC(F)(F)F)c1ccncc1. The molecule has 0 aliphatic heterocycles. The number of ether oxygens (including phenoxy) is 1. The fraction of sp³-hybridized carbons (Fsp3) is 0.444. The van der Waals surface area contributed by atoms with Gasteiger partial charge in [-0.25, -0.2) is 0 Å². The average Bonchev–Trinajstić information content (AvgIpc) is 2.19. The van der Waals surface area contributed by atoms with Crippen molar-refractivity contribution in [2.24, 2.45) is 5.73 Å². The van der Waals surface area contributed by atoms with Gasteiger partial charge in [-0.15, -0.1) is 0 Å². The Morgan fingerprint density at radius 3 is 2.40 bits per heavy atom. The molecule has 84 valence electrons. The molecule has 1 unspecified atom stereocenters. The Morgan fingerprint density at radius 1 is 1.33 bits per heavy atom. The lowest BCUT2D eigenvalue weighted by Gasteiger charge is -2.17. The largest absolute Gasteiger partial charge is 0.411 e. The van der Waals surface area contributed by atoms with Gasteiger partial charge in [0.1, 0.15) is 6.61 Å². The van der Waals surface area contributed by atoms with Crippen molar-refractivity contribution < 1.29 is 17.9 Å². The van der Waals surface area contributed by atoms with Gasteiger partial charge in [-0.05, 0) is 17.7 Å². The van der Waals surface area contributed by atoms with Crippen molar-refractivity contribution in [1.82, 2.24) is 4.98 Å². The number of hydrogen-bond acceptors (Lipinski definition) is 3. The van der Waals surface area contributed by atoms with Gasteiger partial charge in [-0.1, -0.05) is 0 Å². The molecule has 1 rings (SSSR count). The highest BCUT2D eigenvalue weighted by Crippen LogP contribution is 2.21. The number of halogens is 3. The molecule has 1 heterocycles. The van der Waals surface area contributed by atoms with Gasteiger partial charge in [0.2, 0.25) is 0 Å². The van der Waals surface area contributed by atoms with Crippen LogP contribution in [0.25, 0.3) is 0 Å². The van der Waals surface area contributed by atoms with Crippen molar-refractivity contribution in [3.8, 4) is 0 Å². The molecule has 0 saturated heterocycles. The zero-order valence-electron chi connectivity index (χ0n) is 7.87. The van der Waals surface area contributed by atoms with Crippen LogP contribution < -0.4 is 5.73 Å². The van der Waals surface area contributed by atoms with Crippen molar-refractivity contribution >= 4 is 0 Å². The Labute approximate surface area is 85.1 Å². The molecule has 0 saturated carbocycles. The zero-order valence-corrected chi connectivity index (χ0v) is 7.87. The van der Waals surface area contributed by atoms with Gasteiger partial charge in [0.05, 0.1) is 6.10 Å². The number of alkyl halides is 3. The van der Waals surface area contributed by atoms with Crippen LogP contribution in [-0.4, -0.2) is 24.3 Å². The molecule has 0 aromatic carbocycles. The van der Waals surface area contributed by atoms with Gasteiger partial charge < -0.3 is 10.5 Å². The Hall–Kier alpha value is -1.14. The van der Waals surface area contributed by atoms with Crippen molar-refractivity contribution in [3.63, 3.8) is 0 Å². The summed E-state index contributed by atoms with van der Waals surface area (Å²) in [5.74, 6) is 0. The molecular formula is C9H11F3N2O. The number of aromatic nitrogens is 1. The Bertz CT molecular complexity index is 289. The summed E-state index contributed by atoms with van der Waals surface area (Å²) in [5, 5.41) is 0. The molecule has 1 atom stereocenters. The molecule has 3 nitrogen and oxygen atoms in total. The lowest BCUT2D eigenvalue weighted by molar-refractivity contribution is -0.185. The summed E-state index contributed by atoms with van der Waals surface area (Å²) in [6.07, 6.45) is -2.11. The summed E-state index contributed by atoms with van der Waals surface area (Å²) in [5.41, 5.74) is 5.92. The molecule has 0 radical (unpaired) electrons. The normalized spacial score (nSPS) is 13.9. The van der Waals surface area contributed by atoms with E-state index in [1.807, 2.05) is 0 Å². The predicted octanol–water partition coefficient (Wildman–Crippen LogP) is 1.66. The maximum atomic E-state index is 11.9. The number of pyridine rings is 1. The highest BCUT2D eigenvalue weighted by Gasteiger charge is 2.29. The third-order valence-electron chi connectivity index (χ3n) is 1.74. The van der Waals surface area contributed by atoms with Gasteiger partial charge >= 0.3 is 6.18 Å². The lowest BCUT2D eigenvalue weighted by atomic mass is 10.1. The second kappa shape index (κ2) is 5.09. The summed E-state index contributed by atoms with van der Waals surface area (Å²) in [6.45, 7) is -1.29. The van der Waals surface area contributed by atoms with E-state index < -0.39 is 18.9 Å². The minimum absolute atomic E-state index is 0.0000926. The summed E-state index contributed by atoms with van der Waals surface area (Å²) < 4.78 is 40.3. The van der Waals surface area contributed by atoms with E-state index in [-0.39, 0.29) is 6.54 Å². The smallest absolute Gasteiger partial charge is 0.363 e. The first-order valence-corrected chi connectivity index (χ1v) is 4.31. The topological polar surface area (TPSA) is 48.1 Å². The molecule has 0 aliphatic rings. The maximum absolute atomic E-state index is 11.9. The van der Waals surface area contributed by atoms with Crippen LogP contribution in [0.15, 0.2) is 24.5 Å². The first-order chi connectivity index (χ1) is 7.03. The van der Waals surface area contributed by atoms with Gasteiger partial charge in [-0.2, -0.15) is 13.2 Å². The Morgan fingerprint density at radius 2 is 1.93 bits per heavy atom.